The predicted octanol–water partition coefficient (Wildman–Crippen LogP) is 0.533. The van der Waals surface area contributed by atoms with Crippen molar-refractivity contribution in [2.24, 2.45) is 0 Å². The molecule has 1 amide bonds. The van der Waals surface area contributed by atoms with Crippen LogP contribution >= 0.6 is 0 Å². The summed E-state index contributed by atoms with van der Waals surface area (Å²) in [7, 11) is 0. The lowest BCUT2D eigenvalue weighted by atomic mass is 10.2. The Balaban J connectivity index is 2.02. The third-order valence-electron chi connectivity index (χ3n) is 3.52. The molecule has 0 radical (unpaired) electrons. The fraction of sp³-hybridized carbons (Fsp3) is 0.750. The van der Waals surface area contributed by atoms with Gasteiger partial charge >= 0.3 is 0 Å². The Morgan fingerprint density at radius 1 is 1.44 bits per heavy atom. The van der Waals surface area contributed by atoms with Crippen molar-refractivity contribution in [3.63, 3.8) is 0 Å². The largest absolute Gasteiger partial charge is 0.333 e. The zero-order chi connectivity index (χ0) is 13.1. The zero-order valence-electron chi connectivity index (χ0n) is 11.3. The van der Waals surface area contributed by atoms with E-state index in [1.54, 1.807) is 0 Å². The van der Waals surface area contributed by atoms with Gasteiger partial charge in [0, 0.05) is 32.1 Å². The number of likely N-dealkylation sites (N-methyl/N-ethyl adjacent to an activating group) is 1. The number of aryl methyl sites for hydroxylation is 1. The van der Waals surface area contributed by atoms with Crippen LogP contribution in [-0.2, 0) is 6.42 Å². The van der Waals surface area contributed by atoms with Crippen LogP contribution in [0.4, 0.5) is 0 Å². The van der Waals surface area contributed by atoms with Gasteiger partial charge in [-0.2, -0.15) is 0 Å². The third kappa shape index (κ3) is 2.53. The molecule has 6 heteroatoms. The first-order chi connectivity index (χ1) is 8.65. The second kappa shape index (κ2) is 5.48. The number of nitrogens with one attached hydrogen (secondary N) is 1. The van der Waals surface area contributed by atoms with E-state index in [9.17, 15) is 4.79 Å². The Hall–Kier alpha value is -1.43. The molecule has 1 aliphatic heterocycles. The molecule has 6 nitrogen and oxygen atoms in total. The van der Waals surface area contributed by atoms with Crippen molar-refractivity contribution in [1.29, 1.82) is 0 Å². The maximum atomic E-state index is 12.2. The number of hydrogen-bond donors (Lipinski definition) is 1. The van der Waals surface area contributed by atoms with E-state index in [4.69, 9.17) is 0 Å². The molecule has 2 rings (SSSR count). The van der Waals surface area contributed by atoms with Gasteiger partial charge in [-0.1, -0.05) is 13.8 Å². The molecule has 100 valence electrons. The van der Waals surface area contributed by atoms with E-state index in [1.807, 2.05) is 11.8 Å². The van der Waals surface area contributed by atoms with Gasteiger partial charge in [0.1, 0.15) is 5.82 Å². The van der Waals surface area contributed by atoms with E-state index in [0.717, 1.165) is 38.4 Å². The monoisotopic (exact) mass is 251 g/mol. The van der Waals surface area contributed by atoms with Crippen LogP contribution in [0.15, 0.2) is 0 Å². The number of amides is 1. The average Bonchev–Trinajstić information content (AvgIpc) is 2.86. The van der Waals surface area contributed by atoms with Gasteiger partial charge in [-0.3, -0.25) is 14.8 Å². The predicted molar refractivity (Wildman–Crippen MR) is 68.4 cm³/mol. The first-order valence-electron chi connectivity index (χ1n) is 6.60. The van der Waals surface area contributed by atoms with Crippen molar-refractivity contribution in [3.8, 4) is 0 Å². The van der Waals surface area contributed by atoms with Crippen LogP contribution in [-0.4, -0.2) is 63.1 Å². The van der Waals surface area contributed by atoms with Crippen LogP contribution < -0.4 is 0 Å². The Labute approximate surface area is 107 Å². The van der Waals surface area contributed by atoms with Crippen LogP contribution in [0, 0.1) is 0 Å². The first-order valence-corrected chi connectivity index (χ1v) is 6.60. The van der Waals surface area contributed by atoms with E-state index in [2.05, 4.69) is 33.9 Å². The summed E-state index contributed by atoms with van der Waals surface area (Å²) < 4.78 is 0. The van der Waals surface area contributed by atoms with Crippen molar-refractivity contribution in [2.45, 2.75) is 33.2 Å². The number of aromatic amines is 1. The SMILES string of the molecule is CCc1nc(C(=O)N2CCN(CC)C(C)C2)n[nH]1. The number of aromatic nitrogens is 3. The summed E-state index contributed by atoms with van der Waals surface area (Å²) in [6, 6.07) is 0.400. The fourth-order valence-corrected chi connectivity index (χ4v) is 2.34. The molecule has 1 N–H and O–H groups in total. The normalized spacial score (nSPS) is 21.3. The molecule has 0 saturated carbocycles. The molecule has 1 saturated heterocycles. The number of rotatable bonds is 3. The molecular formula is C12H21N5O. The first kappa shape index (κ1) is 13.0. The Kier molecular flexibility index (Phi) is 3.96. The highest BCUT2D eigenvalue weighted by atomic mass is 16.2. The molecule has 0 aliphatic carbocycles. The van der Waals surface area contributed by atoms with Crippen LogP contribution in [0.2, 0.25) is 0 Å². The molecule has 1 atom stereocenters. The Bertz CT molecular complexity index is 416. The van der Waals surface area contributed by atoms with Gasteiger partial charge in [-0.25, -0.2) is 4.98 Å². The van der Waals surface area contributed by atoms with Crippen molar-refractivity contribution in [2.75, 3.05) is 26.2 Å². The maximum Gasteiger partial charge on any atom is 0.293 e. The lowest BCUT2D eigenvalue weighted by Gasteiger charge is -2.38. The van der Waals surface area contributed by atoms with Gasteiger partial charge in [0.2, 0.25) is 5.82 Å². The number of carbonyl (C=O) groups is 1. The molecule has 18 heavy (non-hydrogen) atoms. The molecule has 1 aliphatic rings. The van der Waals surface area contributed by atoms with Gasteiger partial charge < -0.3 is 4.90 Å². The molecule has 0 aromatic carbocycles. The quantitative estimate of drug-likeness (QED) is 0.851. The summed E-state index contributed by atoms with van der Waals surface area (Å²) in [5, 5.41) is 6.77. The number of hydrogen-bond acceptors (Lipinski definition) is 4. The number of carbonyl (C=O) groups excluding carboxylic acids is 1. The Morgan fingerprint density at radius 2 is 2.22 bits per heavy atom. The summed E-state index contributed by atoms with van der Waals surface area (Å²) in [6.07, 6.45) is 0.764. The zero-order valence-corrected chi connectivity index (χ0v) is 11.3. The van der Waals surface area contributed by atoms with E-state index in [0.29, 0.717) is 11.9 Å². The van der Waals surface area contributed by atoms with Crippen LogP contribution in [0.1, 0.15) is 37.2 Å². The van der Waals surface area contributed by atoms with Crippen molar-refractivity contribution in [3.05, 3.63) is 11.6 Å². The molecule has 0 bridgehead atoms. The van der Waals surface area contributed by atoms with Gasteiger partial charge in [-0.05, 0) is 13.5 Å². The maximum absolute atomic E-state index is 12.2. The van der Waals surface area contributed by atoms with E-state index >= 15 is 0 Å². The highest BCUT2D eigenvalue weighted by Gasteiger charge is 2.28. The van der Waals surface area contributed by atoms with Crippen molar-refractivity contribution in [1.82, 2.24) is 25.0 Å². The molecule has 1 aromatic rings. The Morgan fingerprint density at radius 3 is 2.78 bits per heavy atom. The molecule has 0 spiro atoms. The van der Waals surface area contributed by atoms with Gasteiger partial charge in [0.15, 0.2) is 0 Å². The van der Waals surface area contributed by atoms with Crippen LogP contribution in [0.5, 0.6) is 0 Å². The summed E-state index contributed by atoms with van der Waals surface area (Å²) in [5.74, 6) is 0.996. The summed E-state index contributed by atoms with van der Waals surface area (Å²) in [5.41, 5.74) is 0. The topological polar surface area (TPSA) is 65.1 Å². The second-order valence-electron chi connectivity index (χ2n) is 4.69. The summed E-state index contributed by atoms with van der Waals surface area (Å²) in [4.78, 5) is 20.6. The number of nitrogens with zero attached hydrogens (tertiary/aromatic N) is 4. The van der Waals surface area contributed by atoms with Gasteiger partial charge in [0.05, 0.1) is 0 Å². The van der Waals surface area contributed by atoms with Crippen LogP contribution in [0.3, 0.4) is 0 Å². The number of H-pyrrole nitrogens is 1. The van der Waals surface area contributed by atoms with Crippen LogP contribution in [0.25, 0.3) is 0 Å². The summed E-state index contributed by atoms with van der Waals surface area (Å²) >= 11 is 0. The van der Waals surface area contributed by atoms with Crippen molar-refractivity contribution >= 4 is 5.91 Å². The molecule has 1 aromatic heterocycles. The number of piperazine rings is 1. The van der Waals surface area contributed by atoms with E-state index < -0.39 is 0 Å². The second-order valence-corrected chi connectivity index (χ2v) is 4.69. The lowest BCUT2D eigenvalue weighted by molar-refractivity contribution is 0.0517. The molecule has 2 heterocycles. The fourth-order valence-electron chi connectivity index (χ4n) is 2.34. The smallest absolute Gasteiger partial charge is 0.293 e. The minimum Gasteiger partial charge on any atom is -0.333 e. The minimum absolute atomic E-state index is 0.0615. The molecule has 1 fully saturated rings. The highest BCUT2D eigenvalue weighted by Crippen LogP contribution is 2.11. The van der Waals surface area contributed by atoms with E-state index in [-0.39, 0.29) is 5.91 Å². The lowest BCUT2D eigenvalue weighted by Crippen LogP contribution is -2.53. The molecular weight excluding hydrogens is 230 g/mol. The molecule has 1 unspecified atom stereocenters. The van der Waals surface area contributed by atoms with Crippen molar-refractivity contribution < 1.29 is 4.79 Å². The average molecular weight is 251 g/mol. The highest BCUT2D eigenvalue weighted by molar-refractivity contribution is 5.90. The standard InChI is InChI=1S/C12H21N5O/c1-4-10-13-11(15-14-10)12(18)17-7-6-16(5-2)9(3)8-17/h9H,4-8H2,1-3H3,(H,13,14,15). The van der Waals surface area contributed by atoms with Gasteiger partial charge in [-0.15, -0.1) is 5.10 Å². The minimum atomic E-state index is -0.0615. The van der Waals surface area contributed by atoms with E-state index in [1.165, 1.54) is 0 Å². The van der Waals surface area contributed by atoms with Gasteiger partial charge in [0.25, 0.3) is 5.91 Å². The summed E-state index contributed by atoms with van der Waals surface area (Å²) in [6.45, 7) is 9.75. The third-order valence-corrected chi connectivity index (χ3v) is 3.52.